The molecule has 11 heavy (non-hydrogen) atoms. The summed E-state index contributed by atoms with van der Waals surface area (Å²) in [7, 11) is 0. The predicted octanol–water partition coefficient (Wildman–Crippen LogP) is 0.176. The summed E-state index contributed by atoms with van der Waals surface area (Å²) in [4.78, 5) is 10.3. The van der Waals surface area contributed by atoms with E-state index in [4.69, 9.17) is 10.8 Å². The molecule has 0 saturated carbocycles. The summed E-state index contributed by atoms with van der Waals surface area (Å²) >= 11 is 4.80. The van der Waals surface area contributed by atoms with E-state index in [1.165, 1.54) is 0 Å². The topological polar surface area (TPSA) is 89.1 Å². The molecule has 0 saturated heterocycles. The molecular weight excluding hydrogens is 186 g/mol. The van der Waals surface area contributed by atoms with E-state index < -0.39 is 11.2 Å². The summed E-state index contributed by atoms with van der Waals surface area (Å²) in [6.45, 7) is 0. The summed E-state index contributed by atoms with van der Waals surface area (Å²) < 4.78 is 0. The van der Waals surface area contributed by atoms with Crippen molar-refractivity contribution in [1.82, 2.24) is 10.2 Å². The zero-order valence-corrected chi connectivity index (χ0v) is 6.97. The van der Waals surface area contributed by atoms with E-state index in [1.807, 2.05) is 0 Å². The molecule has 0 aliphatic heterocycles. The Kier molecular flexibility index (Phi) is 2.30. The Labute approximate surface area is 71.7 Å². The minimum Gasteiger partial charge on any atom is -0.480 e. The molecule has 7 heteroatoms. The number of carboxylic acids is 1. The Morgan fingerprint density at radius 3 is 2.73 bits per heavy atom. The zero-order valence-electron chi connectivity index (χ0n) is 5.26. The van der Waals surface area contributed by atoms with Crippen LogP contribution in [0.4, 0.5) is 5.13 Å². The lowest BCUT2D eigenvalue weighted by Gasteiger charge is -1.96. The van der Waals surface area contributed by atoms with Gasteiger partial charge in [-0.25, -0.2) is 0 Å². The first kappa shape index (κ1) is 8.28. The van der Waals surface area contributed by atoms with Gasteiger partial charge in [-0.3, -0.25) is 4.79 Å². The number of carbonyl (C=O) groups is 1. The van der Waals surface area contributed by atoms with Gasteiger partial charge in [0, 0.05) is 0 Å². The fourth-order valence-electron chi connectivity index (χ4n) is 0.463. The largest absolute Gasteiger partial charge is 0.480 e. The first-order valence-corrected chi connectivity index (χ1v) is 3.94. The lowest BCUT2D eigenvalue weighted by atomic mass is 10.4. The van der Waals surface area contributed by atoms with Crippen molar-refractivity contribution in [1.29, 1.82) is 0 Å². The van der Waals surface area contributed by atoms with Crippen molar-refractivity contribution in [3.63, 3.8) is 0 Å². The fraction of sp³-hybridized carbons (Fsp3) is 0.250. The fourth-order valence-corrected chi connectivity index (χ4v) is 1.26. The van der Waals surface area contributed by atoms with Gasteiger partial charge in [0.1, 0.15) is 5.01 Å². The lowest BCUT2D eigenvalue weighted by molar-refractivity contribution is -0.136. The van der Waals surface area contributed by atoms with Crippen molar-refractivity contribution in [2.24, 2.45) is 0 Å². The van der Waals surface area contributed by atoms with Crippen molar-refractivity contribution >= 4 is 35.1 Å². The van der Waals surface area contributed by atoms with Crippen LogP contribution in [0.3, 0.4) is 0 Å². The highest BCUT2D eigenvalue weighted by Crippen LogP contribution is 2.24. The molecule has 1 heterocycles. The Hall–Kier alpha value is -0.820. The molecule has 0 spiro atoms. The Morgan fingerprint density at radius 2 is 2.36 bits per heavy atom. The van der Waals surface area contributed by atoms with E-state index in [1.54, 1.807) is 0 Å². The molecule has 60 valence electrons. The molecule has 0 aliphatic carbocycles. The van der Waals surface area contributed by atoms with Crippen LogP contribution in [0.15, 0.2) is 0 Å². The lowest BCUT2D eigenvalue weighted by Crippen LogP contribution is -2.04. The SMILES string of the molecule is Nc1nnc(C(S)C(=O)O)s1. The third-order valence-corrected chi connectivity index (χ3v) is 2.38. The molecule has 5 nitrogen and oxygen atoms in total. The average molecular weight is 191 g/mol. The second-order valence-electron chi connectivity index (χ2n) is 1.72. The number of nitrogens with two attached hydrogens (primary N) is 1. The molecule has 0 bridgehead atoms. The van der Waals surface area contributed by atoms with Gasteiger partial charge >= 0.3 is 5.97 Å². The number of nitrogen functional groups attached to an aromatic ring is 1. The van der Waals surface area contributed by atoms with Gasteiger partial charge in [-0.2, -0.15) is 12.6 Å². The predicted molar refractivity (Wildman–Crippen MR) is 43.7 cm³/mol. The van der Waals surface area contributed by atoms with E-state index in [0.29, 0.717) is 5.01 Å². The van der Waals surface area contributed by atoms with E-state index in [-0.39, 0.29) is 5.13 Å². The minimum atomic E-state index is -1.05. The molecule has 0 aliphatic rings. The van der Waals surface area contributed by atoms with Crippen molar-refractivity contribution < 1.29 is 9.90 Å². The number of aliphatic carboxylic acids is 1. The van der Waals surface area contributed by atoms with Crippen LogP contribution in [-0.4, -0.2) is 21.3 Å². The van der Waals surface area contributed by atoms with Crippen molar-refractivity contribution in [2.75, 3.05) is 5.73 Å². The number of aromatic nitrogens is 2. The highest BCUT2D eigenvalue weighted by atomic mass is 32.1. The molecule has 0 amide bonds. The van der Waals surface area contributed by atoms with Gasteiger partial charge in [0.05, 0.1) is 0 Å². The molecule has 3 N–H and O–H groups in total. The third kappa shape index (κ3) is 1.81. The molecule has 0 radical (unpaired) electrons. The highest BCUT2D eigenvalue weighted by molar-refractivity contribution is 7.81. The number of nitrogens with zero attached hydrogens (tertiary/aromatic N) is 2. The van der Waals surface area contributed by atoms with Crippen LogP contribution in [0.2, 0.25) is 0 Å². The molecular formula is C4H5N3O2S2. The Balaban J connectivity index is 2.84. The first-order valence-electron chi connectivity index (χ1n) is 2.61. The second-order valence-corrected chi connectivity index (χ2v) is 3.28. The highest BCUT2D eigenvalue weighted by Gasteiger charge is 2.18. The molecule has 0 aromatic carbocycles. The van der Waals surface area contributed by atoms with Crippen LogP contribution < -0.4 is 5.73 Å². The van der Waals surface area contributed by atoms with E-state index in [2.05, 4.69) is 22.8 Å². The monoisotopic (exact) mass is 191 g/mol. The van der Waals surface area contributed by atoms with Crippen LogP contribution in [-0.2, 0) is 4.79 Å². The second kappa shape index (κ2) is 3.05. The number of anilines is 1. The summed E-state index contributed by atoms with van der Waals surface area (Å²) in [6, 6.07) is 0. The number of hydrogen-bond acceptors (Lipinski definition) is 6. The molecule has 1 atom stereocenters. The summed E-state index contributed by atoms with van der Waals surface area (Å²) in [6.07, 6.45) is 0. The van der Waals surface area contributed by atoms with Gasteiger partial charge in [0.25, 0.3) is 0 Å². The Morgan fingerprint density at radius 1 is 1.73 bits per heavy atom. The van der Waals surface area contributed by atoms with Gasteiger partial charge in [-0.1, -0.05) is 11.3 Å². The van der Waals surface area contributed by atoms with Gasteiger partial charge in [0.2, 0.25) is 5.13 Å². The minimum absolute atomic E-state index is 0.250. The van der Waals surface area contributed by atoms with Crippen molar-refractivity contribution in [3.8, 4) is 0 Å². The molecule has 1 aromatic heterocycles. The van der Waals surface area contributed by atoms with Gasteiger partial charge in [0.15, 0.2) is 5.25 Å². The smallest absolute Gasteiger partial charge is 0.323 e. The van der Waals surface area contributed by atoms with Gasteiger partial charge < -0.3 is 10.8 Å². The molecule has 1 rings (SSSR count). The first-order chi connectivity index (χ1) is 5.11. The maximum Gasteiger partial charge on any atom is 0.323 e. The number of rotatable bonds is 2. The van der Waals surface area contributed by atoms with Crippen LogP contribution in [0, 0.1) is 0 Å². The van der Waals surface area contributed by atoms with Gasteiger partial charge in [-0.05, 0) is 0 Å². The van der Waals surface area contributed by atoms with E-state index in [0.717, 1.165) is 11.3 Å². The summed E-state index contributed by atoms with van der Waals surface area (Å²) in [5.41, 5.74) is 5.23. The van der Waals surface area contributed by atoms with Crippen LogP contribution in [0.5, 0.6) is 0 Å². The van der Waals surface area contributed by atoms with E-state index >= 15 is 0 Å². The quantitative estimate of drug-likeness (QED) is 0.580. The molecule has 1 aromatic rings. The summed E-state index contributed by atoms with van der Waals surface area (Å²) in [5, 5.41) is 15.1. The standard InChI is InChI=1S/C4H5N3O2S2/c5-4-7-6-2(11-4)1(10)3(8)9/h1,10H,(H2,5,7)(H,8,9). The maximum atomic E-state index is 10.3. The van der Waals surface area contributed by atoms with Crippen molar-refractivity contribution in [2.45, 2.75) is 5.25 Å². The zero-order chi connectivity index (χ0) is 8.43. The van der Waals surface area contributed by atoms with Crippen LogP contribution in [0.25, 0.3) is 0 Å². The number of thiol groups is 1. The molecule has 0 fully saturated rings. The van der Waals surface area contributed by atoms with Crippen molar-refractivity contribution in [3.05, 3.63) is 5.01 Å². The Bertz CT molecular complexity index is 274. The number of hydrogen-bond donors (Lipinski definition) is 3. The molecule has 1 unspecified atom stereocenters. The normalized spacial score (nSPS) is 12.8. The summed E-state index contributed by atoms with van der Waals surface area (Å²) in [5.74, 6) is -1.05. The van der Waals surface area contributed by atoms with E-state index in [9.17, 15) is 4.79 Å². The van der Waals surface area contributed by atoms with Gasteiger partial charge in [-0.15, -0.1) is 10.2 Å². The maximum absolute atomic E-state index is 10.3. The van der Waals surface area contributed by atoms with Crippen LogP contribution in [0.1, 0.15) is 10.3 Å². The third-order valence-electron chi connectivity index (χ3n) is 0.924. The van der Waals surface area contributed by atoms with Crippen LogP contribution >= 0.6 is 24.0 Å². The average Bonchev–Trinajstić information content (AvgIpc) is 2.34. The number of carboxylic acid groups (broad SMARTS) is 1.